The number of unbranched alkanes of at least 4 members (excludes halogenated alkanes) is 2. The highest BCUT2D eigenvalue weighted by molar-refractivity contribution is 6.00. The van der Waals surface area contributed by atoms with Gasteiger partial charge >= 0.3 is 11.9 Å². The number of hydrogen-bond acceptors (Lipinski definition) is 22. The van der Waals surface area contributed by atoms with Gasteiger partial charge in [-0.1, -0.05) is 81.4 Å². The second kappa shape index (κ2) is 53.0. The number of phenolic OH excluding ortho intramolecular Hbond substituents is 1. The number of primary amides is 3. The minimum absolute atomic E-state index is 0.0132. The largest absolute Gasteiger partial charge is 0.508 e. The van der Waals surface area contributed by atoms with Crippen LogP contribution in [0.25, 0.3) is 0 Å². The van der Waals surface area contributed by atoms with E-state index >= 15 is 0 Å². The molecule has 0 saturated heterocycles. The Morgan fingerprint density at radius 2 is 0.588 bits per heavy atom. The number of amides is 15. The van der Waals surface area contributed by atoms with Crippen molar-refractivity contribution in [2.24, 2.45) is 64.0 Å². The summed E-state index contributed by atoms with van der Waals surface area (Å²) in [5.41, 5.74) is 34.5. The highest BCUT2D eigenvalue weighted by Crippen LogP contribution is 2.18. The molecule has 0 radical (unpaired) electrons. The van der Waals surface area contributed by atoms with Gasteiger partial charge in [-0.05, 0) is 164 Å². The fraction of sp³-hybridized carbons (Fsp3) is 0.693. The normalized spacial score (nSPS) is 15.1. The number of carboxylic acids is 2. The average molecular weight is 1620 g/mol. The zero-order chi connectivity index (χ0) is 86.8. The van der Waals surface area contributed by atoms with Crippen LogP contribution in [0.1, 0.15) is 204 Å². The molecule has 114 heavy (non-hydrogen) atoms. The van der Waals surface area contributed by atoms with Gasteiger partial charge in [-0.3, -0.25) is 76.7 Å². The molecule has 0 spiro atoms. The van der Waals surface area contributed by atoms with Crippen molar-refractivity contribution in [3.63, 3.8) is 0 Å². The maximum Gasteiger partial charge on any atom is 0.326 e. The first kappa shape index (κ1) is 102. The van der Waals surface area contributed by atoms with Gasteiger partial charge in [0.15, 0.2) is 0 Å². The van der Waals surface area contributed by atoms with Gasteiger partial charge in [0.25, 0.3) is 0 Å². The number of carbonyl (C=O) groups excluding carboxylic acids is 15. The van der Waals surface area contributed by atoms with E-state index in [1.807, 2.05) is 13.8 Å². The minimum atomic E-state index is -1.82. The Kier molecular flexibility index (Phi) is 47.4. The summed E-state index contributed by atoms with van der Waals surface area (Å²) >= 11 is 0. The van der Waals surface area contributed by atoms with Crippen LogP contribution in [0.3, 0.4) is 0 Å². The number of rotatable bonds is 58. The maximum atomic E-state index is 14.7. The second-order valence-corrected chi connectivity index (χ2v) is 30.9. The highest BCUT2D eigenvalue weighted by atomic mass is 16.4. The van der Waals surface area contributed by atoms with Gasteiger partial charge in [-0.25, -0.2) is 4.79 Å². The van der Waals surface area contributed by atoms with E-state index in [1.165, 1.54) is 24.3 Å². The zero-order valence-corrected chi connectivity index (χ0v) is 67.5. The molecule has 0 bridgehead atoms. The summed E-state index contributed by atoms with van der Waals surface area (Å²) in [6.07, 6.45) is -5.23. The molecule has 0 saturated carbocycles. The summed E-state index contributed by atoms with van der Waals surface area (Å²) in [6.45, 7) is 18.8. The molecule has 0 aliphatic heterocycles. The van der Waals surface area contributed by atoms with Crippen LogP contribution in [-0.4, -0.2) is 219 Å². The first-order valence-electron chi connectivity index (χ1n) is 38.8. The van der Waals surface area contributed by atoms with Gasteiger partial charge < -0.3 is 119 Å². The first-order valence-corrected chi connectivity index (χ1v) is 38.8. The van der Waals surface area contributed by atoms with E-state index in [4.69, 9.17) is 34.4 Å². The second-order valence-electron chi connectivity index (χ2n) is 30.9. The number of nitrogens with one attached hydrogen (secondary N) is 12. The Labute approximate surface area is 665 Å². The van der Waals surface area contributed by atoms with Crippen molar-refractivity contribution < 1.29 is 102 Å². The van der Waals surface area contributed by atoms with Gasteiger partial charge in [-0.15, -0.1) is 0 Å². The molecule has 0 unspecified atom stereocenters. The lowest BCUT2D eigenvalue weighted by Gasteiger charge is -2.30. The van der Waals surface area contributed by atoms with Crippen LogP contribution in [0.15, 0.2) is 24.3 Å². The Hall–Kier alpha value is -10.1. The number of nitrogens with two attached hydrogens (primary N) is 6. The predicted octanol–water partition coefficient (Wildman–Crippen LogP) is -3.31. The summed E-state index contributed by atoms with van der Waals surface area (Å²) in [5, 5.41) is 70.6. The average Bonchev–Trinajstić information content (AvgIpc) is 0.858. The monoisotopic (exact) mass is 1620 g/mol. The van der Waals surface area contributed by atoms with Crippen molar-refractivity contribution in [2.75, 3.05) is 13.1 Å². The quantitative estimate of drug-likeness (QED) is 0.0284. The van der Waals surface area contributed by atoms with E-state index in [1.54, 1.807) is 55.4 Å². The number of carbonyl (C=O) groups is 17. The molecule has 0 fully saturated rings. The van der Waals surface area contributed by atoms with Crippen molar-refractivity contribution in [1.29, 1.82) is 0 Å². The number of aromatic hydroxyl groups is 1. The Balaban J connectivity index is 3.77. The summed E-state index contributed by atoms with van der Waals surface area (Å²) in [5.74, 6) is -19.1. The highest BCUT2D eigenvalue weighted by Gasteiger charge is 2.39. The van der Waals surface area contributed by atoms with Crippen LogP contribution in [0.2, 0.25) is 0 Å². The molecule has 1 rings (SSSR count). The number of aliphatic hydroxyl groups excluding tert-OH is 1. The summed E-state index contributed by atoms with van der Waals surface area (Å²) in [6, 6.07) is -14.4. The van der Waals surface area contributed by atoms with Gasteiger partial charge in [0.2, 0.25) is 88.6 Å². The fourth-order valence-electron chi connectivity index (χ4n) is 11.9. The molecule has 0 aromatic heterocycles. The Bertz CT molecular complexity index is 3360. The number of benzene rings is 1. The van der Waals surface area contributed by atoms with Crippen LogP contribution < -0.4 is 98.2 Å². The van der Waals surface area contributed by atoms with Crippen molar-refractivity contribution in [3.05, 3.63) is 29.8 Å². The fourth-order valence-corrected chi connectivity index (χ4v) is 11.9. The smallest absolute Gasteiger partial charge is 0.326 e. The van der Waals surface area contributed by atoms with Gasteiger partial charge in [0.05, 0.1) is 12.1 Å². The number of aliphatic hydroxyl groups is 1. The molecule has 1 aromatic carbocycles. The van der Waals surface area contributed by atoms with E-state index < -0.39 is 242 Å². The topological polar surface area (TPSA) is 672 Å². The Morgan fingerprint density at radius 3 is 0.886 bits per heavy atom. The molecule has 28 N–H and O–H groups in total. The third-order valence-corrected chi connectivity index (χ3v) is 17.9. The summed E-state index contributed by atoms with van der Waals surface area (Å²) in [4.78, 5) is 232. The maximum absolute atomic E-state index is 14.7. The standard InChI is InChI=1S/C75H128N18O21/c1-38(2)32-46(78)63(101)88-57(37-44-18-20-45(95)21-19-44)73(111)85-49(23-27-59(80)97)66(104)83-51(25-29-61(99)100)67(105)90-53(33-39(3)4)69(107)84-48(22-26-58(79)96)65(103)82-47(16-12-14-30-76)64(102)89-55(35-41(7)8)72(110)91-54(34-40(5)6)70(108)86-50(24-28-60(81)98)68(106)93-62(43(11)94)74(112)92-56(36-42(9)10)71(109)87-52(75(113)114)17-13-15-31-77/h18-21,38-43,46-57,62,94-95H,12-17,22-37,76-78H2,1-11H3,(H2,79,96)(H2,80,97)(H2,81,98)(H,82,103)(H,83,104)(H,84,107)(H,85,111)(H,86,108)(H,87,109)(H,88,101)(H,89,102)(H,90,105)(H,91,110)(H,92,112)(H,93,106)(H,99,100)(H,113,114)/t43-,46+,47+,48+,49+,50+,51+,52+,53+,54+,55+,56+,57+,62+/m1/s1. The lowest BCUT2D eigenvalue weighted by atomic mass is 9.98. The molecular weight excluding hydrogens is 1490 g/mol. The molecule has 39 heteroatoms. The number of carboxylic acid groups (broad SMARTS) is 2. The number of hydrogen-bond donors (Lipinski definition) is 22. The van der Waals surface area contributed by atoms with Crippen molar-refractivity contribution in [1.82, 2.24) is 63.8 Å². The van der Waals surface area contributed by atoms with E-state index in [2.05, 4.69) is 63.8 Å². The minimum Gasteiger partial charge on any atom is -0.508 e. The molecule has 0 heterocycles. The van der Waals surface area contributed by atoms with Crippen LogP contribution in [0, 0.1) is 29.6 Å². The molecule has 0 aliphatic carbocycles. The molecule has 644 valence electrons. The lowest BCUT2D eigenvalue weighted by Crippen LogP contribution is -2.62. The molecule has 0 aliphatic rings. The van der Waals surface area contributed by atoms with Crippen LogP contribution in [0.5, 0.6) is 5.75 Å². The Morgan fingerprint density at radius 1 is 0.325 bits per heavy atom. The summed E-state index contributed by atoms with van der Waals surface area (Å²) in [7, 11) is 0. The lowest BCUT2D eigenvalue weighted by molar-refractivity contribution is -0.143. The van der Waals surface area contributed by atoms with Gasteiger partial charge in [0.1, 0.15) is 78.3 Å². The number of aliphatic carboxylic acids is 2. The predicted molar refractivity (Wildman–Crippen MR) is 418 cm³/mol. The molecule has 39 nitrogen and oxygen atoms in total. The molecular formula is C75H128N18O21. The first-order chi connectivity index (χ1) is 53.3. The third kappa shape index (κ3) is 41.6. The van der Waals surface area contributed by atoms with E-state index in [9.17, 15) is 102 Å². The third-order valence-electron chi connectivity index (χ3n) is 17.9. The van der Waals surface area contributed by atoms with E-state index in [0.717, 1.165) is 6.92 Å². The van der Waals surface area contributed by atoms with Crippen LogP contribution >= 0.6 is 0 Å². The van der Waals surface area contributed by atoms with Gasteiger partial charge in [-0.2, -0.15) is 0 Å². The molecule has 15 amide bonds. The number of phenols is 1. The zero-order valence-electron chi connectivity index (χ0n) is 67.5. The molecule has 1 aromatic rings. The van der Waals surface area contributed by atoms with Crippen LogP contribution in [0.4, 0.5) is 0 Å². The van der Waals surface area contributed by atoms with Gasteiger partial charge in [0, 0.05) is 32.1 Å². The van der Waals surface area contributed by atoms with Crippen LogP contribution in [-0.2, 0) is 87.9 Å². The summed E-state index contributed by atoms with van der Waals surface area (Å²) < 4.78 is 0. The molecule has 14 atom stereocenters. The van der Waals surface area contributed by atoms with Crippen molar-refractivity contribution in [2.45, 2.75) is 289 Å². The van der Waals surface area contributed by atoms with E-state index in [-0.39, 0.29) is 100 Å². The van der Waals surface area contributed by atoms with E-state index in [0.29, 0.717) is 24.8 Å². The SMILES string of the molecule is CC(C)C[C@H](NC(=O)[C@H](CCC(=O)O)NC(=O)[C@H](CCC(N)=O)NC(=O)[C@H](Cc1ccc(O)cc1)NC(=O)[C@@H](N)CC(C)C)C(=O)N[C@@H](CCC(N)=O)C(=O)N[C@@H](CCCCN)C(=O)N[C@@H](CC(C)C)C(=O)N[C@@H](CC(C)C)C(=O)N[C@@H](CCC(N)=O)C(=O)N[C@H](C(=O)N[C@@H](CC(C)C)C(=O)N[C@@H](CCCCN)C(=O)O)[C@@H](C)O. The van der Waals surface area contributed by atoms with Crippen molar-refractivity contribution >= 4 is 101 Å². The van der Waals surface area contributed by atoms with Crippen molar-refractivity contribution in [3.8, 4) is 5.75 Å².